The number of nitrogens with zero attached hydrogens (tertiary/aromatic N) is 2. The van der Waals surface area contributed by atoms with Crippen molar-refractivity contribution in [1.82, 2.24) is 0 Å². The average molecular weight is 1000 g/mol. The van der Waals surface area contributed by atoms with Crippen LogP contribution in [0, 0.1) is 13.8 Å². The van der Waals surface area contributed by atoms with Gasteiger partial charge in [0.2, 0.25) is 0 Å². The summed E-state index contributed by atoms with van der Waals surface area (Å²) in [5.41, 5.74) is 27.0. The third kappa shape index (κ3) is 7.46. The van der Waals surface area contributed by atoms with Gasteiger partial charge in [-0.1, -0.05) is 222 Å². The largest absolute Gasteiger partial charge is 0.309 e. The first-order chi connectivity index (χ1) is 38.0. The van der Waals surface area contributed by atoms with Gasteiger partial charge in [-0.25, -0.2) is 0 Å². The van der Waals surface area contributed by atoms with Gasteiger partial charge in [-0.3, -0.25) is 0 Å². The standard InChI is InChI=1S/C76H60N2/c1-49-45-53(39-43-69(49)77(73-35-19-23-51-21-7-9-25-57(51)73)71-33-17-13-27-59(71)55-37-41-63-61-29-11-15-31-65(61)75(3,4)67(63)47-55)54-40-44-70(50(2)46-54)78(74-36-20-24-52-22-8-10-26-58(52)74)72-34-18-14-28-60(72)56-38-42-64-62-30-12-16-32-66(62)76(5,6)68(64)48-56/h7-48H,1-6H3. The monoisotopic (exact) mass is 1000 g/mol. The Bertz CT molecular complexity index is 4090. The summed E-state index contributed by atoms with van der Waals surface area (Å²) in [5, 5.41) is 4.83. The number of rotatable bonds is 9. The number of fused-ring (bicyclic) bond motifs is 8. The molecule has 0 bridgehead atoms. The van der Waals surface area contributed by atoms with Crippen molar-refractivity contribution in [2.24, 2.45) is 0 Å². The Morgan fingerprint density at radius 1 is 0.244 bits per heavy atom. The molecular formula is C76H60N2. The molecule has 78 heavy (non-hydrogen) atoms. The Morgan fingerprint density at radius 2 is 0.577 bits per heavy atom. The van der Waals surface area contributed by atoms with Crippen LogP contribution < -0.4 is 9.80 Å². The van der Waals surface area contributed by atoms with E-state index in [0.717, 1.165) is 34.1 Å². The molecule has 0 saturated carbocycles. The molecule has 0 fully saturated rings. The number of para-hydroxylation sites is 2. The molecule has 2 heteroatoms. The summed E-state index contributed by atoms with van der Waals surface area (Å²) >= 11 is 0. The van der Waals surface area contributed by atoms with Crippen molar-refractivity contribution in [2.45, 2.75) is 52.4 Å². The lowest BCUT2D eigenvalue weighted by atomic mass is 9.81. The maximum atomic E-state index is 2.50. The van der Waals surface area contributed by atoms with E-state index in [-0.39, 0.29) is 10.8 Å². The first kappa shape index (κ1) is 47.2. The van der Waals surface area contributed by atoms with Gasteiger partial charge in [0.1, 0.15) is 0 Å². The highest BCUT2D eigenvalue weighted by molar-refractivity contribution is 6.04. The summed E-state index contributed by atoms with van der Waals surface area (Å²) in [6.45, 7) is 14.0. The van der Waals surface area contributed by atoms with Crippen LogP contribution in [0.2, 0.25) is 0 Å². The van der Waals surface area contributed by atoms with Crippen molar-refractivity contribution >= 4 is 55.7 Å². The van der Waals surface area contributed by atoms with Gasteiger partial charge in [0.15, 0.2) is 0 Å². The predicted octanol–water partition coefficient (Wildman–Crippen LogP) is 21.2. The highest BCUT2D eigenvalue weighted by Crippen LogP contribution is 2.54. The molecule has 0 aliphatic heterocycles. The van der Waals surface area contributed by atoms with E-state index in [1.165, 1.54) is 111 Å². The Morgan fingerprint density at radius 3 is 1.01 bits per heavy atom. The zero-order valence-corrected chi connectivity index (χ0v) is 45.1. The molecule has 12 aromatic rings. The van der Waals surface area contributed by atoms with Crippen molar-refractivity contribution in [3.8, 4) is 55.6 Å². The smallest absolute Gasteiger partial charge is 0.0540 e. The lowest BCUT2D eigenvalue weighted by Crippen LogP contribution is -2.15. The van der Waals surface area contributed by atoms with Crippen LogP contribution in [0.25, 0.3) is 77.2 Å². The first-order valence-corrected chi connectivity index (χ1v) is 27.5. The molecule has 0 atom stereocenters. The fourth-order valence-corrected chi connectivity index (χ4v) is 13.3. The van der Waals surface area contributed by atoms with E-state index in [1.807, 2.05) is 0 Å². The second kappa shape index (κ2) is 18.2. The Hall–Kier alpha value is -9.24. The molecule has 2 aliphatic carbocycles. The van der Waals surface area contributed by atoms with Gasteiger partial charge in [-0.15, -0.1) is 0 Å². The fraction of sp³-hybridized carbons (Fsp3) is 0.105. The lowest BCUT2D eigenvalue weighted by Gasteiger charge is -2.31. The zero-order valence-electron chi connectivity index (χ0n) is 45.1. The SMILES string of the molecule is Cc1cc(-c2ccc(N(c3ccccc3-c3ccc4c(c3)C(C)(C)c3ccccc3-4)c3cccc4ccccc34)c(C)c2)ccc1N(c1ccccc1-c1ccc2c(c1)C(C)(C)c1ccccc1-2)c1cccc2ccccc12. The van der Waals surface area contributed by atoms with Crippen LogP contribution in [0.1, 0.15) is 61.1 Å². The third-order valence-electron chi connectivity index (χ3n) is 17.3. The lowest BCUT2D eigenvalue weighted by molar-refractivity contribution is 0.660. The van der Waals surface area contributed by atoms with E-state index in [1.54, 1.807) is 0 Å². The molecule has 0 radical (unpaired) electrons. The maximum Gasteiger partial charge on any atom is 0.0540 e. The Balaban J connectivity index is 0.879. The summed E-state index contributed by atoms with van der Waals surface area (Å²) in [6.07, 6.45) is 0. The van der Waals surface area contributed by atoms with Gasteiger partial charge in [0.25, 0.3) is 0 Å². The minimum atomic E-state index is -0.109. The molecule has 0 N–H and O–H groups in total. The second-order valence-electron chi connectivity index (χ2n) is 22.6. The van der Waals surface area contributed by atoms with Crippen LogP contribution in [-0.2, 0) is 10.8 Å². The van der Waals surface area contributed by atoms with E-state index in [9.17, 15) is 0 Å². The summed E-state index contributed by atoms with van der Waals surface area (Å²) in [5.74, 6) is 0. The number of hydrogen-bond acceptors (Lipinski definition) is 2. The predicted molar refractivity (Wildman–Crippen MR) is 332 cm³/mol. The molecule has 12 aromatic carbocycles. The maximum absolute atomic E-state index is 2.50. The van der Waals surface area contributed by atoms with E-state index in [2.05, 4.69) is 306 Å². The summed E-state index contributed by atoms with van der Waals surface area (Å²) < 4.78 is 0. The van der Waals surface area contributed by atoms with E-state index >= 15 is 0 Å². The average Bonchev–Trinajstić information content (AvgIpc) is 4.02. The summed E-state index contributed by atoms with van der Waals surface area (Å²) in [6, 6.07) is 95.0. The van der Waals surface area contributed by atoms with Gasteiger partial charge >= 0.3 is 0 Å². The topological polar surface area (TPSA) is 6.48 Å². The second-order valence-corrected chi connectivity index (χ2v) is 22.6. The van der Waals surface area contributed by atoms with Gasteiger partial charge in [0.05, 0.1) is 22.7 Å². The van der Waals surface area contributed by atoms with Crippen LogP contribution in [0.5, 0.6) is 0 Å². The highest BCUT2D eigenvalue weighted by atomic mass is 15.2. The Labute approximate surface area is 459 Å². The zero-order chi connectivity index (χ0) is 52.9. The Kier molecular flexibility index (Phi) is 11.0. The van der Waals surface area contributed by atoms with E-state index in [0.29, 0.717) is 0 Å². The van der Waals surface area contributed by atoms with Gasteiger partial charge in [0, 0.05) is 44.1 Å². The van der Waals surface area contributed by atoms with E-state index < -0.39 is 0 Å². The molecule has 0 spiro atoms. The molecule has 0 saturated heterocycles. The van der Waals surface area contributed by atoms with Crippen molar-refractivity contribution in [3.05, 3.63) is 288 Å². The molecule has 0 unspecified atom stereocenters. The normalized spacial score (nSPS) is 13.5. The van der Waals surface area contributed by atoms with Crippen molar-refractivity contribution in [3.63, 3.8) is 0 Å². The van der Waals surface area contributed by atoms with Crippen LogP contribution in [0.4, 0.5) is 34.1 Å². The van der Waals surface area contributed by atoms with Gasteiger partial charge in [-0.2, -0.15) is 0 Å². The molecular weight excluding hydrogens is 941 g/mol. The third-order valence-corrected chi connectivity index (χ3v) is 17.3. The number of hydrogen-bond donors (Lipinski definition) is 0. The minimum Gasteiger partial charge on any atom is -0.309 e. The van der Waals surface area contributed by atoms with Crippen molar-refractivity contribution in [2.75, 3.05) is 9.80 Å². The number of aryl methyl sites for hydroxylation is 2. The molecule has 0 heterocycles. The fourth-order valence-electron chi connectivity index (χ4n) is 13.3. The number of benzene rings is 12. The van der Waals surface area contributed by atoms with Crippen LogP contribution in [-0.4, -0.2) is 0 Å². The number of anilines is 6. The molecule has 374 valence electrons. The van der Waals surface area contributed by atoms with Crippen molar-refractivity contribution in [1.29, 1.82) is 0 Å². The molecule has 14 rings (SSSR count). The van der Waals surface area contributed by atoms with Crippen LogP contribution in [0.3, 0.4) is 0 Å². The first-order valence-electron chi connectivity index (χ1n) is 27.5. The molecule has 2 aliphatic rings. The highest BCUT2D eigenvalue weighted by Gasteiger charge is 2.37. The van der Waals surface area contributed by atoms with Crippen LogP contribution in [0.15, 0.2) is 255 Å². The van der Waals surface area contributed by atoms with E-state index in [4.69, 9.17) is 0 Å². The minimum absolute atomic E-state index is 0.109. The summed E-state index contributed by atoms with van der Waals surface area (Å²) in [4.78, 5) is 5.00. The van der Waals surface area contributed by atoms with Crippen LogP contribution >= 0.6 is 0 Å². The quantitative estimate of drug-likeness (QED) is 0.142. The van der Waals surface area contributed by atoms with Crippen molar-refractivity contribution < 1.29 is 0 Å². The molecule has 2 nitrogen and oxygen atoms in total. The molecule has 0 aromatic heterocycles. The van der Waals surface area contributed by atoms with Gasteiger partial charge < -0.3 is 9.80 Å². The summed E-state index contributed by atoms with van der Waals surface area (Å²) in [7, 11) is 0. The molecule has 0 amide bonds. The van der Waals surface area contributed by atoms with Gasteiger partial charge in [-0.05, 0) is 163 Å².